The first-order valence-electron chi connectivity index (χ1n) is 8.84. The Kier molecular flexibility index (Phi) is 7.50. The summed E-state index contributed by atoms with van der Waals surface area (Å²) in [6.07, 6.45) is 0.919. The predicted molar refractivity (Wildman–Crippen MR) is 94.5 cm³/mol. The van der Waals surface area contributed by atoms with Gasteiger partial charge >= 0.3 is 0 Å². The van der Waals surface area contributed by atoms with Crippen molar-refractivity contribution < 1.29 is 9.84 Å². The van der Waals surface area contributed by atoms with Gasteiger partial charge in [-0.1, -0.05) is 30.3 Å². The molecule has 0 aromatic heterocycles. The number of β-amino-alcohol motifs (C(OH)–C–C–N with tert-alkyl or cyclic N) is 1. The van der Waals surface area contributed by atoms with Crippen molar-refractivity contribution >= 4 is 0 Å². The maximum absolute atomic E-state index is 10.2. The van der Waals surface area contributed by atoms with Gasteiger partial charge < -0.3 is 9.84 Å². The van der Waals surface area contributed by atoms with Gasteiger partial charge in [-0.3, -0.25) is 9.80 Å². The zero-order chi connectivity index (χ0) is 16.7. The van der Waals surface area contributed by atoms with Crippen molar-refractivity contribution in [3.8, 4) is 0 Å². The fourth-order valence-electron chi connectivity index (χ4n) is 3.18. The molecule has 0 aliphatic carbocycles. The first-order valence-corrected chi connectivity index (χ1v) is 8.84. The van der Waals surface area contributed by atoms with Crippen LogP contribution >= 0.6 is 0 Å². The third-order valence-corrected chi connectivity index (χ3v) is 4.38. The highest BCUT2D eigenvalue weighted by Crippen LogP contribution is 2.14. The van der Waals surface area contributed by atoms with E-state index >= 15 is 0 Å². The molecular weight excluding hydrogens is 288 g/mol. The molecule has 1 fully saturated rings. The molecule has 1 heterocycles. The van der Waals surface area contributed by atoms with Gasteiger partial charge in [0, 0.05) is 25.7 Å². The largest absolute Gasteiger partial charge is 0.389 e. The second kappa shape index (κ2) is 9.38. The van der Waals surface area contributed by atoms with Crippen LogP contribution in [-0.2, 0) is 11.3 Å². The van der Waals surface area contributed by atoms with Crippen molar-refractivity contribution in [3.63, 3.8) is 0 Å². The van der Waals surface area contributed by atoms with E-state index in [4.69, 9.17) is 4.74 Å². The quantitative estimate of drug-likeness (QED) is 0.837. The maximum Gasteiger partial charge on any atom is 0.0900 e. The minimum absolute atomic E-state index is 0.174. The molecule has 1 aromatic rings. The third-order valence-electron chi connectivity index (χ3n) is 4.38. The number of nitrogens with zero attached hydrogens (tertiary/aromatic N) is 2. The van der Waals surface area contributed by atoms with Gasteiger partial charge in [-0.05, 0) is 45.8 Å². The number of hydrogen-bond donors (Lipinski definition) is 1. The van der Waals surface area contributed by atoms with Gasteiger partial charge in [0.25, 0.3) is 0 Å². The molecule has 0 bridgehead atoms. The Morgan fingerprint density at radius 3 is 2.65 bits per heavy atom. The Balaban J connectivity index is 1.82. The normalized spacial score (nSPS) is 22.2. The highest BCUT2D eigenvalue weighted by atomic mass is 16.5. The summed E-state index contributed by atoms with van der Waals surface area (Å²) in [5.74, 6) is 0. The second-order valence-corrected chi connectivity index (χ2v) is 6.95. The van der Waals surface area contributed by atoms with Crippen LogP contribution in [0.4, 0.5) is 0 Å². The average Bonchev–Trinajstić information content (AvgIpc) is 2.68. The average molecular weight is 320 g/mol. The van der Waals surface area contributed by atoms with Crippen molar-refractivity contribution in [2.45, 2.75) is 52.0 Å². The zero-order valence-corrected chi connectivity index (χ0v) is 14.8. The molecule has 0 saturated carbocycles. The number of benzene rings is 1. The zero-order valence-electron chi connectivity index (χ0n) is 14.8. The van der Waals surface area contributed by atoms with E-state index in [1.165, 1.54) is 5.56 Å². The highest BCUT2D eigenvalue weighted by Gasteiger charge is 2.23. The van der Waals surface area contributed by atoms with Gasteiger partial charge in [0.15, 0.2) is 0 Å². The van der Waals surface area contributed by atoms with Crippen molar-refractivity contribution in [2.75, 3.05) is 32.8 Å². The molecule has 1 aliphatic heterocycles. The molecule has 0 radical (unpaired) electrons. The SMILES string of the molecule is CC(C)OCC(O)CN1CCCN(Cc2ccccc2)CC1C. The summed E-state index contributed by atoms with van der Waals surface area (Å²) in [5, 5.41) is 10.2. The van der Waals surface area contributed by atoms with Gasteiger partial charge in [0.2, 0.25) is 0 Å². The number of ether oxygens (including phenoxy) is 1. The highest BCUT2D eigenvalue weighted by molar-refractivity contribution is 5.14. The number of aliphatic hydroxyl groups is 1. The van der Waals surface area contributed by atoms with Crippen molar-refractivity contribution in [3.05, 3.63) is 35.9 Å². The summed E-state index contributed by atoms with van der Waals surface area (Å²) in [7, 11) is 0. The van der Waals surface area contributed by atoms with Crippen LogP contribution in [-0.4, -0.2) is 65.9 Å². The molecule has 130 valence electrons. The molecule has 2 rings (SSSR count). The van der Waals surface area contributed by atoms with Gasteiger partial charge in [-0.2, -0.15) is 0 Å². The lowest BCUT2D eigenvalue weighted by atomic mass is 10.2. The van der Waals surface area contributed by atoms with Crippen LogP contribution < -0.4 is 0 Å². The van der Waals surface area contributed by atoms with Crippen LogP contribution in [0.15, 0.2) is 30.3 Å². The van der Waals surface area contributed by atoms with Crippen molar-refractivity contribution in [2.24, 2.45) is 0 Å². The maximum atomic E-state index is 10.2. The first kappa shape index (κ1) is 18.4. The van der Waals surface area contributed by atoms with Crippen molar-refractivity contribution in [1.29, 1.82) is 0 Å². The Morgan fingerprint density at radius 2 is 1.96 bits per heavy atom. The molecule has 2 unspecified atom stereocenters. The van der Waals surface area contributed by atoms with Crippen molar-refractivity contribution in [1.82, 2.24) is 9.80 Å². The van der Waals surface area contributed by atoms with E-state index in [-0.39, 0.29) is 6.10 Å². The molecule has 1 N–H and O–H groups in total. The molecule has 4 nitrogen and oxygen atoms in total. The number of aliphatic hydroxyl groups excluding tert-OH is 1. The molecule has 4 heteroatoms. The van der Waals surface area contributed by atoms with Gasteiger partial charge in [-0.25, -0.2) is 0 Å². The Bertz CT molecular complexity index is 438. The van der Waals surface area contributed by atoms with Crippen LogP contribution in [0.2, 0.25) is 0 Å². The van der Waals surface area contributed by atoms with Gasteiger partial charge in [0.05, 0.1) is 18.8 Å². The summed E-state index contributed by atoms with van der Waals surface area (Å²) < 4.78 is 5.52. The molecular formula is C19H32N2O2. The Morgan fingerprint density at radius 1 is 1.22 bits per heavy atom. The lowest BCUT2D eigenvalue weighted by Crippen LogP contribution is -2.43. The molecule has 1 aromatic carbocycles. The van der Waals surface area contributed by atoms with E-state index < -0.39 is 6.10 Å². The van der Waals surface area contributed by atoms with Crippen LogP contribution in [0.1, 0.15) is 32.8 Å². The molecule has 0 spiro atoms. The first-order chi connectivity index (χ1) is 11.0. The lowest BCUT2D eigenvalue weighted by molar-refractivity contribution is -0.0129. The summed E-state index contributed by atoms with van der Waals surface area (Å²) in [4.78, 5) is 4.93. The van der Waals surface area contributed by atoms with E-state index in [1.54, 1.807) is 0 Å². The molecule has 0 amide bonds. The fourth-order valence-corrected chi connectivity index (χ4v) is 3.18. The molecule has 2 atom stereocenters. The number of rotatable bonds is 7. The van der Waals surface area contributed by atoms with Crippen LogP contribution in [0.25, 0.3) is 0 Å². The molecule has 23 heavy (non-hydrogen) atoms. The Hall–Kier alpha value is -0.940. The van der Waals surface area contributed by atoms with Crippen LogP contribution in [0.5, 0.6) is 0 Å². The standard InChI is InChI=1S/C19H32N2O2/c1-16(2)23-15-19(22)14-21-11-7-10-20(12-17(21)3)13-18-8-5-4-6-9-18/h4-6,8-9,16-17,19,22H,7,10-15H2,1-3H3. The molecule has 1 saturated heterocycles. The topological polar surface area (TPSA) is 35.9 Å². The van der Waals surface area contributed by atoms with E-state index in [0.29, 0.717) is 19.2 Å². The smallest absolute Gasteiger partial charge is 0.0900 e. The van der Waals surface area contributed by atoms with Gasteiger partial charge in [-0.15, -0.1) is 0 Å². The summed E-state index contributed by atoms with van der Waals surface area (Å²) in [6, 6.07) is 11.1. The van der Waals surface area contributed by atoms with Crippen LogP contribution in [0.3, 0.4) is 0 Å². The van der Waals surface area contributed by atoms with E-state index in [1.807, 2.05) is 13.8 Å². The summed E-state index contributed by atoms with van der Waals surface area (Å²) in [6.45, 7) is 11.6. The summed E-state index contributed by atoms with van der Waals surface area (Å²) >= 11 is 0. The second-order valence-electron chi connectivity index (χ2n) is 6.95. The minimum Gasteiger partial charge on any atom is -0.389 e. The van der Waals surface area contributed by atoms with Gasteiger partial charge in [0.1, 0.15) is 0 Å². The third kappa shape index (κ3) is 6.60. The van der Waals surface area contributed by atoms with Crippen LogP contribution in [0, 0.1) is 0 Å². The number of hydrogen-bond acceptors (Lipinski definition) is 4. The van der Waals surface area contributed by atoms with E-state index in [0.717, 1.165) is 32.6 Å². The Labute approximate surface area is 141 Å². The van der Waals surface area contributed by atoms with E-state index in [2.05, 4.69) is 47.1 Å². The predicted octanol–water partition coefficient (Wildman–Crippen LogP) is 2.37. The monoisotopic (exact) mass is 320 g/mol. The molecule has 1 aliphatic rings. The lowest BCUT2D eigenvalue weighted by Gasteiger charge is -2.30. The summed E-state index contributed by atoms with van der Waals surface area (Å²) in [5.41, 5.74) is 1.37. The van der Waals surface area contributed by atoms with E-state index in [9.17, 15) is 5.11 Å². The fraction of sp³-hybridized carbons (Fsp3) is 0.684. The minimum atomic E-state index is -0.402.